The number of carbonyl (C=O) groups is 1. The van der Waals surface area contributed by atoms with E-state index in [4.69, 9.17) is 9.97 Å². The summed E-state index contributed by atoms with van der Waals surface area (Å²) in [5.41, 5.74) is 3.49. The fourth-order valence-corrected chi connectivity index (χ4v) is 4.84. The predicted octanol–water partition coefficient (Wildman–Crippen LogP) is 4.89. The number of benzene rings is 2. The van der Waals surface area contributed by atoms with Gasteiger partial charge in [-0.25, -0.2) is 14.4 Å². The summed E-state index contributed by atoms with van der Waals surface area (Å²) >= 11 is 1.60. The van der Waals surface area contributed by atoms with Crippen LogP contribution in [-0.4, -0.2) is 60.5 Å². The molecule has 0 unspecified atom stereocenters. The molecule has 0 spiro atoms. The van der Waals surface area contributed by atoms with Gasteiger partial charge in [0, 0.05) is 62.8 Å². The number of para-hydroxylation sites is 1. The molecule has 1 fully saturated rings. The summed E-state index contributed by atoms with van der Waals surface area (Å²) in [4.78, 5) is 27.9. The van der Waals surface area contributed by atoms with Crippen LogP contribution in [0.3, 0.4) is 0 Å². The van der Waals surface area contributed by atoms with E-state index < -0.39 is 0 Å². The molecular weight excluding hydrogens is 461 g/mol. The Bertz CT molecular complexity index is 1150. The molecule has 2 heterocycles. The van der Waals surface area contributed by atoms with Gasteiger partial charge >= 0.3 is 0 Å². The zero-order valence-electron chi connectivity index (χ0n) is 20.6. The Hall–Kier alpha value is -3.13. The van der Waals surface area contributed by atoms with E-state index in [9.17, 15) is 9.18 Å². The number of aryl methyl sites for hydroxylation is 1. The number of rotatable bonds is 8. The van der Waals surface area contributed by atoms with Gasteiger partial charge in [0.25, 0.3) is 5.91 Å². The van der Waals surface area contributed by atoms with Crippen LogP contribution < -0.4 is 9.80 Å². The lowest BCUT2D eigenvalue weighted by molar-refractivity contribution is 0.0802. The quantitative estimate of drug-likeness (QED) is 0.329. The molecule has 1 saturated heterocycles. The van der Waals surface area contributed by atoms with Crippen molar-refractivity contribution in [3.05, 3.63) is 77.2 Å². The molecule has 0 aliphatic carbocycles. The lowest BCUT2D eigenvalue weighted by Crippen LogP contribution is -2.47. The van der Waals surface area contributed by atoms with Gasteiger partial charge in [0.2, 0.25) is 0 Å². The van der Waals surface area contributed by atoms with Crippen LogP contribution in [0.1, 0.15) is 35.5 Å². The molecule has 0 radical (unpaired) electrons. The second kappa shape index (κ2) is 11.5. The van der Waals surface area contributed by atoms with Crippen molar-refractivity contribution in [1.29, 1.82) is 0 Å². The number of hydrogen-bond donors (Lipinski definition) is 0. The number of nitrogens with zero attached hydrogens (tertiary/aromatic N) is 5. The van der Waals surface area contributed by atoms with Crippen molar-refractivity contribution >= 4 is 29.2 Å². The van der Waals surface area contributed by atoms with Gasteiger partial charge in [-0.05, 0) is 43.2 Å². The molecule has 2 aromatic carbocycles. The summed E-state index contributed by atoms with van der Waals surface area (Å²) in [6.45, 7) is 7.79. The molecule has 6 nitrogen and oxygen atoms in total. The van der Waals surface area contributed by atoms with Crippen molar-refractivity contribution in [3.8, 4) is 0 Å². The fourth-order valence-electron chi connectivity index (χ4n) is 4.01. The molecule has 1 aliphatic heterocycles. The standard InChI is InChI=1S/C27H32FN5OS/c1-4-22-18-25(33-16-14-32(15-17-33)24-9-7-6-8-23(24)28)30-27(29-22)35-19-20-10-12-21(13-11-20)26(34)31(3)5-2/h6-13,18H,4-5,14-17,19H2,1-3H3. The molecule has 1 aromatic heterocycles. The van der Waals surface area contributed by atoms with Crippen LogP contribution in [0.15, 0.2) is 59.8 Å². The van der Waals surface area contributed by atoms with Gasteiger partial charge in [-0.1, -0.05) is 43.0 Å². The number of amides is 1. The third kappa shape index (κ3) is 6.11. The SMILES string of the molecule is CCc1cc(N2CCN(c3ccccc3F)CC2)nc(SCc2ccc(C(=O)N(C)CC)cc2)n1. The number of thioether (sulfide) groups is 1. The number of piperazine rings is 1. The molecular formula is C27H32FN5OS. The maximum atomic E-state index is 14.2. The van der Waals surface area contributed by atoms with Gasteiger partial charge in [-0.2, -0.15) is 0 Å². The summed E-state index contributed by atoms with van der Waals surface area (Å²) in [5, 5.41) is 0.752. The molecule has 0 saturated carbocycles. The van der Waals surface area contributed by atoms with E-state index in [0.717, 1.165) is 60.6 Å². The van der Waals surface area contributed by atoms with Crippen LogP contribution in [-0.2, 0) is 12.2 Å². The third-order valence-electron chi connectivity index (χ3n) is 6.29. The van der Waals surface area contributed by atoms with Crippen LogP contribution in [0.5, 0.6) is 0 Å². The number of hydrogen-bond acceptors (Lipinski definition) is 6. The van der Waals surface area contributed by atoms with Crippen molar-refractivity contribution in [3.63, 3.8) is 0 Å². The van der Waals surface area contributed by atoms with Gasteiger partial charge in [0.1, 0.15) is 11.6 Å². The predicted molar refractivity (Wildman–Crippen MR) is 141 cm³/mol. The highest BCUT2D eigenvalue weighted by atomic mass is 32.2. The molecule has 0 atom stereocenters. The smallest absolute Gasteiger partial charge is 0.253 e. The molecule has 3 aromatic rings. The fraction of sp³-hybridized carbons (Fsp3) is 0.370. The molecule has 35 heavy (non-hydrogen) atoms. The Labute approximate surface area is 211 Å². The number of carbonyl (C=O) groups excluding carboxylic acids is 1. The van der Waals surface area contributed by atoms with Crippen LogP contribution in [0, 0.1) is 5.82 Å². The zero-order chi connectivity index (χ0) is 24.8. The van der Waals surface area contributed by atoms with E-state index in [0.29, 0.717) is 17.8 Å². The first-order chi connectivity index (χ1) is 17.0. The van der Waals surface area contributed by atoms with Crippen molar-refractivity contribution in [1.82, 2.24) is 14.9 Å². The van der Waals surface area contributed by atoms with Crippen LogP contribution in [0.2, 0.25) is 0 Å². The molecule has 184 valence electrons. The van der Waals surface area contributed by atoms with Gasteiger partial charge in [0.05, 0.1) is 5.69 Å². The Balaban J connectivity index is 1.40. The molecule has 8 heteroatoms. The number of aromatic nitrogens is 2. The van der Waals surface area contributed by atoms with E-state index in [1.165, 1.54) is 6.07 Å². The van der Waals surface area contributed by atoms with Crippen LogP contribution in [0.4, 0.5) is 15.9 Å². The molecule has 4 rings (SSSR count). The summed E-state index contributed by atoms with van der Waals surface area (Å²) < 4.78 is 14.2. The largest absolute Gasteiger partial charge is 0.366 e. The van der Waals surface area contributed by atoms with Crippen molar-refractivity contribution < 1.29 is 9.18 Å². The highest BCUT2D eigenvalue weighted by Crippen LogP contribution is 2.26. The molecule has 0 N–H and O–H groups in total. The van der Waals surface area contributed by atoms with Crippen LogP contribution >= 0.6 is 11.8 Å². The van der Waals surface area contributed by atoms with E-state index >= 15 is 0 Å². The molecule has 1 aliphatic rings. The van der Waals surface area contributed by atoms with Crippen LogP contribution in [0.25, 0.3) is 0 Å². The Kier molecular flexibility index (Phi) is 8.23. The van der Waals surface area contributed by atoms with Gasteiger partial charge in [-0.3, -0.25) is 4.79 Å². The average molecular weight is 494 g/mol. The van der Waals surface area contributed by atoms with Gasteiger partial charge in [0.15, 0.2) is 5.16 Å². The molecule has 1 amide bonds. The second-order valence-corrected chi connectivity index (χ2v) is 9.53. The zero-order valence-corrected chi connectivity index (χ0v) is 21.4. The average Bonchev–Trinajstić information content (AvgIpc) is 2.91. The second-order valence-electron chi connectivity index (χ2n) is 8.58. The van der Waals surface area contributed by atoms with E-state index in [1.54, 1.807) is 22.7 Å². The summed E-state index contributed by atoms with van der Waals surface area (Å²) in [6.07, 6.45) is 0.833. The maximum Gasteiger partial charge on any atom is 0.253 e. The molecule has 0 bridgehead atoms. The van der Waals surface area contributed by atoms with E-state index in [1.807, 2.05) is 50.4 Å². The maximum absolute atomic E-state index is 14.2. The summed E-state index contributed by atoms with van der Waals surface area (Å²) in [6, 6.07) is 16.8. The Morgan fingerprint density at radius 2 is 1.69 bits per heavy atom. The minimum absolute atomic E-state index is 0.0328. The minimum atomic E-state index is -0.176. The van der Waals surface area contributed by atoms with Gasteiger partial charge < -0.3 is 14.7 Å². The van der Waals surface area contributed by atoms with Crippen molar-refractivity contribution in [2.24, 2.45) is 0 Å². The number of halogens is 1. The monoisotopic (exact) mass is 493 g/mol. The highest BCUT2D eigenvalue weighted by molar-refractivity contribution is 7.98. The Morgan fingerprint density at radius 1 is 1.00 bits per heavy atom. The normalized spacial score (nSPS) is 13.7. The lowest BCUT2D eigenvalue weighted by Gasteiger charge is -2.37. The lowest BCUT2D eigenvalue weighted by atomic mass is 10.1. The topological polar surface area (TPSA) is 52.6 Å². The Morgan fingerprint density at radius 3 is 2.34 bits per heavy atom. The first-order valence-corrected chi connectivity index (χ1v) is 13.1. The van der Waals surface area contributed by atoms with Crippen molar-refractivity contribution in [2.45, 2.75) is 31.2 Å². The first-order valence-electron chi connectivity index (χ1n) is 12.1. The number of anilines is 2. The van der Waals surface area contributed by atoms with Crippen molar-refractivity contribution in [2.75, 3.05) is 49.6 Å². The van der Waals surface area contributed by atoms with E-state index in [-0.39, 0.29) is 11.7 Å². The van der Waals surface area contributed by atoms with E-state index in [2.05, 4.69) is 22.8 Å². The van der Waals surface area contributed by atoms with Gasteiger partial charge in [-0.15, -0.1) is 0 Å². The third-order valence-corrected chi connectivity index (χ3v) is 7.21. The minimum Gasteiger partial charge on any atom is -0.366 e. The summed E-state index contributed by atoms with van der Waals surface area (Å²) in [5.74, 6) is 1.51. The first kappa shape index (κ1) is 25.0. The highest BCUT2D eigenvalue weighted by Gasteiger charge is 2.21. The summed E-state index contributed by atoms with van der Waals surface area (Å²) in [7, 11) is 1.81.